The Morgan fingerprint density at radius 2 is 1.84 bits per heavy atom. The summed E-state index contributed by atoms with van der Waals surface area (Å²) in [5.41, 5.74) is -1.14. The summed E-state index contributed by atoms with van der Waals surface area (Å²) < 4.78 is 84.4. The number of halogens is 6. The van der Waals surface area contributed by atoms with Gasteiger partial charge in [-0.3, -0.25) is 0 Å². The molecule has 1 aromatic carbocycles. The highest BCUT2D eigenvalue weighted by Gasteiger charge is 2.38. The molecular weight excluding hydrogens is 356 g/mol. The van der Waals surface area contributed by atoms with Crippen molar-refractivity contribution in [1.29, 1.82) is 0 Å². The van der Waals surface area contributed by atoms with Crippen molar-refractivity contribution in [3.05, 3.63) is 36.0 Å². The smallest absolute Gasteiger partial charge is 0.423 e. The van der Waals surface area contributed by atoms with Gasteiger partial charge in [0.25, 0.3) is 0 Å². The molecule has 25 heavy (non-hydrogen) atoms. The molecule has 0 aliphatic heterocycles. The van der Waals surface area contributed by atoms with Crippen LogP contribution in [0.5, 0.6) is 11.6 Å². The molecule has 0 radical (unpaired) electrons. The first-order valence-electron chi connectivity index (χ1n) is 6.63. The lowest BCUT2D eigenvalue weighted by Crippen LogP contribution is -2.22. The summed E-state index contributed by atoms with van der Waals surface area (Å²) in [7, 11) is 1.41. The van der Waals surface area contributed by atoms with Crippen molar-refractivity contribution in [3.63, 3.8) is 0 Å². The van der Waals surface area contributed by atoms with Gasteiger partial charge in [0.1, 0.15) is 11.3 Å². The highest BCUT2D eigenvalue weighted by molar-refractivity contribution is 5.56. The number of anilines is 2. The van der Waals surface area contributed by atoms with E-state index in [0.717, 1.165) is 0 Å². The number of rotatable bonds is 5. The monoisotopic (exact) mass is 367 g/mol. The van der Waals surface area contributed by atoms with E-state index >= 15 is 0 Å². The van der Waals surface area contributed by atoms with E-state index in [4.69, 9.17) is 4.74 Å². The van der Waals surface area contributed by atoms with Gasteiger partial charge in [-0.2, -0.15) is 31.3 Å². The standard InChI is InChI=1S/C14H11F6N3O2/c1-24-9-4-2-3-8(5-9)22-12-21-6-10(14(18,19)20)11(23-12)25-7-13(15,16)17/h2-6H,7H2,1H3,(H,21,22,23). The predicted octanol–water partition coefficient (Wildman–Crippen LogP) is 4.19. The molecular formula is C14H11F6N3O2. The molecule has 0 aliphatic rings. The van der Waals surface area contributed by atoms with Crippen molar-refractivity contribution >= 4 is 11.6 Å². The van der Waals surface area contributed by atoms with E-state index in [-0.39, 0.29) is 5.95 Å². The number of hydrogen-bond donors (Lipinski definition) is 1. The Labute approximate surface area is 137 Å². The first kappa shape index (κ1) is 18.6. The SMILES string of the molecule is COc1cccc(Nc2ncc(C(F)(F)F)c(OCC(F)(F)F)n2)c1. The first-order chi connectivity index (χ1) is 11.6. The Hall–Kier alpha value is -2.72. The van der Waals surface area contributed by atoms with Crippen LogP contribution in [0.2, 0.25) is 0 Å². The lowest BCUT2D eigenvalue weighted by Gasteiger charge is -2.15. The minimum Gasteiger partial charge on any atom is -0.497 e. The van der Waals surface area contributed by atoms with Crippen molar-refractivity contribution in [2.24, 2.45) is 0 Å². The zero-order valence-electron chi connectivity index (χ0n) is 12.6. The summed E-state index contributed by atoms with van der Waals surface area (Å²) in [5, 5.41) is 2.56. The van der Waals surface area contributed by atoms with Crippen molar-refractivity contribution < 1.29 is 35.8 Å². The van der Waals surface area contributed by atoms with Gasteiger partial charge in [0.05, 0.1) is 7.11 Å². The fourth-order valence-electron chi connectivity index (χ4n) is 1.71. The van der Waals surface area contributed by atoms with Crippen LogP contribution in [-0.2, 0) is 6.18 Å². The molecule has 0 aliphatic carbocycles. The maximum atomic E-state index is 12.8. The number of alkyl halides is 6. The molecule has 5 nitrogen and oxygen atoms in total. The van der Waals surface area contributed by atoms with Gasteiger partial charge in [0, 0.05) is 18.0 Å². The molecule has 2 aromatic rings. The fourth-order valence-corrected chi connectivity index (χ4v) is 1.71. The number of methoxy groups -OCH3 is 1. The third-order valence-corrected chi connectivity index (χ3v) is 2.76. The first-order valence-corrected chi connectivity index (χ1v) is 6.63. The zero-order valence-corrected chi connectivity index (χ0v) is 12.6. The molecule has 1 heterocycles. The molecule has 0 fully saturated rings. The predicted molar refractivity (Wildman–Crippen MR) is 74.9 cm³/mol. The van der Waals surface area contributed by atoms with E-state index in [2.05, 4.69) is 20.0 Å². The lowest BCUT2D eigenvalue weighted by atomic mass is 10.3. The average Bonchev–Trinajstić information content (AvgIpc) is 2.51. The van der Waals surface area contributed by atoms with E-state index in [0.29, 0.717) is 17.6 Å². The minimum absolute atomic E-state index is 0.348. The Kier molecular flexibility index (Phi) is 5.24. The third-order valence-electron chi connectivity index (χ3n) is 2.76. The Morgan fingerprint density at radius 1 is 1.12 bits per heavy atom. The maximum absolute atomic E-state index is 12.8. The molecule has 0 saturated heterocycles. The topological polar surface area (TPSA) is 56.3 Å². The molecule has 1 aromatic heterocycles. The van der Waals surface area contributed by atoms with Crippen molar-refractivity contribution in [2.45, 2.75) is 12.4 Å². The van der Waals surface area contributed by atoms with Crippen LogP contribution >= 0.6 is 0 Å². The molecule has 0 bridgehead atoms. The van der Waals surface area contributed by atoms with E-state index < -0.39 is 30.4 Å². The van der Waals surface area contributed by atoms with Crippen molar-refractivity contribution in [3.8, 4) is 11.6 Å². The highest BCUT2D eigenvalue weighted by atomic mass is 19.4. The summed E-state index contributed by atoms with van der Waals surface area (Å²) >= 11 is 0. The molecule has 0 atom stereocenters. The number of ether oxygens (including phenoxy) is 2. The molecule has 2 rings (SSSR count). The van der Waals surface area contributed by atoms with Gasteiger partial charge in [0.15, 0.2) is 6.61 Å². The number of nitrogens with zero attached hydrogens (tertiary/aromatic N) is 2. The number of hydrogen-bond acceptors (Lipinski definition) is 5. The van der Waals surface area contributed by atoms with Gasteiger partial charge in [-0.1, -0.05) is 6.07 Å². The molecule has 0 amide bonds. The minimum atomic E-state index is -4.96. The van der Waals surface area contributed by atoms with Gasteiger partial charge in [-0.25, -0.2) is 4.98 Å². The van der Waals surface area contributed by atoms with Crippen LogP contribution < -0.4 is 14.8 Å². The largest absolute Gasteiger partial charge is 0.497 e. The Bertz CT molecular complexity index is 733. The molecule has 0 spiro atoms. The number of nitrogens with one attached hydrogen (secondary N) is 1. The van der Waals surface area contributed by atoms with Crippen LogP contribution in [0.25, 0.3) is 0 Å². The van der Waals surface area contributed by atoms with Gasteiger partial charge >= 0.3 is 12.4 Å². The summed E-state index contributed by atoms with van der Waals surface area (Å²) in [4.78, 5) is 6.84. The summed E-state index contributed by atoms with van der Waals surface area (Å²) in [6, 6.07) is 6.25. The van der Waals surface area contributed by atoms with Gasteiger partial charge in [0.2, 0.25) is 11.8 Å². The quantitative estimate of drug-likeness (QED) is 0.804. The van der Waals surface area contributed by atoms with Crippen molar-refractivity contribution in [2.75, 3.05) is 19.0 Å². The lowest BCUT2D eigenvalue weighted by molar-refractivity contribution is -0.159. The van der Waals surface area contributed by atoms with E-state index in [1.165, 1.54) is 13.2 Å². The van der Waals surface area contributed by atoms with Crippen LogP contribution in [0.15, 0.2) is 30.5 Å². The summed E-state index contributed by atoms with van der Waals surface area (Å²) in [5.74, 6) is -1.13. The Balaban J connectivity index is 2.30. The number of aromatic nitrogens is 2. The molecule has 1 N–H and O–H groups in total. The van der Waals surface area contributed by atoms with Gasteiger partial charge in [-0.05, 0) is 12.1 Å². The number of benzene rings is 1. The van der Waals surface area contributed by atoms with Crippen molar-refractivity contribution in [1.82, 2.24) is 9.97 Å². The van der Waals surface area contributed by atoms with E-state index in [9.17, 15) is 26.3 Å². The maximum Gasteiger partial charge on any atom is 0.423 e. The van der Waals surface area contributed by atoms with Crippen LogP contribution in [0, 0.1) is 0 Å². The average molecular weight is 367 g/mol. The Morgan fingerprint density at radius 3 is 2.44 bits per heavy atom. The van der Waals surface area contributed by atoms with E-state index in [1.807, 2.05) is 0 Å². The second-order valence-electron chi connectivity index (χ2n) is 4.67. The van der Waals surface area contributed by atoms with Crippen LogP contribution in [0.3, 0.4) is 0 Å². The van der Waals surface area contributed by atoms with Crippen LogP contribution in [0.1, 0.15) is 5.56 Å². The molecule has 0 unspecified atom stereocenters. The molecule has 136 valence electrons. The van der Waals surface area contributed by atoms with Crippen LogP contribution in [-0.4, -0.2) is 29.9 Å². The molecule has 11 heteroatoms. The second-order valence-corrected chi connectivity index (χ2v) is 4.67. The van der Waals surface area contributed by atoms with Gasteiger partial charge < -0.3 is 14.8 Å². The summed E-state index contributed by atoms with van der Waals surface area (Å²) in [6.45, 7) is -1.91. The normalized spacial score (nSPS) is 12.0. The molecule has 0 saturated carbocycles. The van der Waals surface area contributed by atoms with E-state index in [1.54, 1.807) is 18.2 Å². The zero-order chi connectivity index (χ0) is 18.7. The highest BCUT2D eigenvalue weighted by Crippen LogP contribution is 2.36. The summed E-state index contributed by atoms with van der Waals surface area (Å²) in [6.07, 6.45) is -9.43. The van der Waals surface area contributed by atoms with Gasteiger partial charge in [-0.15, -0.1) is 0 Å². The second kappa shape index (κ2) is 7.03. The fraction of sp³-hybridized carbons (Fsp3) is 0.286. The van der Waals surface area contributed by atoms with Crippen LogP contribution in [0.4, 0.5) is 38.0 Å². The third kappa shape index (κ3) is 5.40.